The van der Waals surface area contributed by atoms with Crippen LogP contribution < -0.4 is 16.1 Å². The molecule has 1 aromatic carbocycles. The summed E-state index contributed by atoms with van der Waals surface area (Å²) in [5, 5.41) is 15.6. The molecule has 0 unspecified atom stereocenters. The Hall–Kier alpha value is -1.90. The molecule has 0 saturated carbocycles. The summed E-state index contributed by atoms with van der Waals surface area (Å²) in [4.78, 5) is 27.0. The molecular weight excluding hydrogens is 364 g/mol. The molecule has 136 valence electrons. The number of unbranched alkanes of at least 4 members (excludes halogenated alkanes) is 3. The van der Waals surface area contributed by atoms with Crippen molar-refractivity contribution in [3.63, 3.8) is 0 Å². The highest BCUT2D eigenvalue weighted by Gasteiger charge is 2.06. The van der Waals surface area contributed by atoms with Crippen molar-refractivity contribution in [3.8, 4) is 0 Å². The predicted octanol–water partition coefficient (Wildman–Crippen LogP) is 2.93. The van der Waals surface area contributed by atoms with Crippen LogP contribution in [0.5, 0.6) is 0 Å². The van der Waals surface area contributed by atoms with Gasteiger partial charge >= 0.3 is 0 Å². The van der Waals surface area contributed by atoms with Crippen molar-refractivity contribution in [2.24, 2.45) is 0 Å². The molecule has 0 aliphatic carbocycles. The maximum atomic E-state index is 11.8. The number of amides is 2. The standard InChI is InChI=1S/C16H21ClN4O3S/c17-11-6-7-12-13(9-11)25-16(20-12)19-10-15(23)18-8-4-2-1-3-5-14(22)21-24/h6-7,9,24H,1-5,8,10H2,(H,18,23)(H,19,20)(H,21,22). The quantitative estimate of drug-likeness (QED) is 0.286. The SMILES string of the molecule is O=C(CCCCCCNC(=O)CNc1nc2ccc(Cl)cc2s1)NO. The maximum Gasteiger partial charge on any atom is 0.243 e. The van der Waals surface area contributed by atoms with E-state index in [-0.39, 0.29) is 18.4 Å². The van der Waals surface area contributed by atoms with Crippen molar-refractivity contribution in [1.29, 1.82) is 0 Å². The Morgan fingerprint density at radius 1 is 1.16 bits per heavy atom. The summed E-state index contributed by atoms with van der Waals surface area (Å²) in [6.45, 7) is 0.770. The lowest BCUT2D eigenvalue weighted by Crippen LogP contribution is -2.30. The fourth-order valence-electron chi connectivity index (χ4n) is 2.24. The predicted molar refractivity (Wildman–Crippen MR) is 99.1 cm³/mol. The van der Waals surface area contributed by atoms with Gasteiger partial charge in [-0.1, -0.05) is 35.8 Å². The third kappa shape index (κ3) is 6.85. The van der Waals surface area contributed by atoms with E-state index in [1.54, 1.807) is 11.5 Å². The molecule has 9 heteroatoms. The Labute approximate surface area is 154 Å². The highest BCUT2D eigenvalue weighted by Crippen LogP contribution is 2.27. The lowest BCUT2D eigenvalue weighted by atomic mass is 10.1. The van der Waals surface area contributed by atoms with Gasteiger partial charge in [-0.05, 0) is 31.0 Å². The van der Waals surface area contributed by atoms with Crippen LogP contribution in [0.15, 0.2) is 18.2 Å². The number of hydrogen-bond donors (Lipinski definition) is 4. The number of fused-ring (bicyclic) bond motifs is 1. The summed E-state index contributed by atoms with van der Waals surface area (Å²) in [7, 11) is 0. The van der Waals surface area contributed by atoms with E-state index in [1.165, 1.54) is 11.3 Å². The second-order valence-corrected chi connectivity index (χ2v) is 7.00. The van der Waals surface area contributed by atoms with Gasteiger partial charge in [0.1, 0.15) is 0 Å². The summed E-state index contributed by atoms with van der Waals surface area (Å²) in [5.74, 6) is -0.451. The van der Waals surface area contributed by atoms with E-state index < -0.39 is 0 Å². The van der Waals surface area contributed by atoms with Crippen LogP contribution in [0.3, 0.4) is 0 Å². The molecule has 0 saturated heterocycles. The van der Waals surface area contributed by atoms with Crippen LogP contribution in [0.4, 0.5) is 5.13 Å². The molecule has 2 aromatic rings. The van der Waals surface area contributed by atoms with Crippen LogP contribution in [0.25, 0.3) is 10.2 Å². The molecular formula is C16H21ClN4O3S. The molecule has 0 spiro atoms. The summed E-state index contributed by atoms with van der Waals surface area (Å²) in [6, 6.07) is 5.49. The van der Waals surface area contributed by atoms with Gasteiger partial charge in [0, 0.05) is 18.0 Å². The number of carbonyl (C=O) groups is 2. The van der Waals surface area contributed by atoms with E-state index in [0.717, 1.165) is 35.9 Å². The van der Waals surface area contributed by atoms with Gasteiger partial charge < -0.3 is 10.6 Å². The molecule has 2 rings (SSSR count). The van der Waals surface area contributed by atoms with Crippen LogP contribution in [-0.2, 0) is 9.59 Å². The van der Waals surface area contributed by atoms with E-state index in [9.17, 15) is 9.59 Å². The Morgan fingerprint density at radius 2 is 1.96 bits per heavy atom. The van der Waals surface area contributed by atoms with Crippen LogP contribution in [0.1, 0.15) is 32.1 Å². The fraction of sp³-hybridized carbons (Fsp3) is 0.438. The Bertz CT molecular complexity index is 722. The lowest BCUT2D eigenvalue weighted by Gasteiger charge is -2.05. The molecule has 1 aromatic heterocycles. The minimum absolute atomic E-state index is 0.0862. The van der Waals surface area contributed by atoms with Crippen molar-refractivity contribution in [3.05, 3.63) is 23.2 Å². The normalized spacial score (nSPS) is 10.6. The van der Waals surface area contributed by atoms with Gasteiger partial charge in [0.25, 0.3) is 0 Å². The molecule has 0 fully saturated rings. The minimum Gasteiger partial charge on any atom is -0.355 e. The summed E-state index contributed by atoms with van der Waals surface area (Å²) in [5.41, 5.74) is 2.46. The number of anilines is 1. The van der Waals surface area contributed by atoms with Crippen molar-refractivity contribution in [2.75, 3.05) is 18.4 Å². The number of nitrogens with one attached hydrogen (secondary N) is 3. The number of hydrogen-bond acceptors (Lipinski definition) is 6. The largest absolute Gasteiger partial charge is 0.355 e. The number of halogens is 1. The topological polar surface area (TPSA) is 103 Å². The summed E-state index contributed by atoms with van der Waals surface area (Å²) >= 11 is 7.40. The third-order valence-corrected chi connectivity index (χ3v) is 4.74. The average molecular weight is 385 g/mol. The van der Waals surface area contributed by atoms with Gasteiger partial charge in [-0.15, -0.1) is 0 Å². The molecule has 0 radical (unpaired) electrons. The van der Waals surface area contributed by atoms with Gasteiger partial charge in [0.15, 0.2) is 5.13 Å². The van der Waals surface area contributed by atoms with Gasteiger partial charge in [-0.2, -0.15) is 0 Å². The van der Waals surface area contributed by atoms with Crippen molar-refractivity contribution in [1.82, 2.24) is 15.8 Å². The molecule has 2 amide bonds. The first-order valence-electron chi connectivity index (χ1n) is 8.08. The third-order valence-electron chi connectivity index (χ3n) is 3.53. The second kappa shape index (κ2) is 10.2. The first kappa shape index (κ1) is 19.4. The van der Waals surface area contributed by atoms with E-state index in [1.807, 2.05) is 12.1 Å². The highest BCUT2D eigenvalue weighted by molar-refractivity contribution is 7.22. The monoisotopic (exact) mass is 384 g/mol. The second-order valence-electron chi connectivity index (χ2n) is 5.53. The van der Waals surface area contributed by atoms with Gasteiger partial charge in [-0.25, -0.2) is 10.5 Å². The molecule has 0 aliphatic heterocycles. The van der Waals surface area contributed by atoms with Crippen molar-refractivity contribution < 1.29 is 14.8 Å². The van der Waals surface area contributed by atoms with E-state index in [4.69, 9.17) is 16.8 Å². The van der Waals surface area contributed by atoms with Crippen LogP contribution >= 0.6 is 22.9 Å². The zero-order chi connectivity index (χ0) is 18.1. The van der Waals surface area contributed by atoms with Gasteiger partial charge in [-0.3, -0.25) is 14.8 Å². The zero-order valence-electron chi connectivity index (χ0n) is 13.7. The fourth-order valence-corrected chi connectivity index (χ4v) is 3.38. The molecule has 0 aliphatic rings. The molecule has 0 atom stereocenters. The van der Waals surface area contributed by atoms with Gasteiger partial charge in [0.2, 0.25) is 11.8 Å². The number of rotatable bonds is 10. The van der Waals surface area contributed by atoms with E-state index >= 15 is 0 Å². The summed E-state index contributed by atoms with van der Waals surface area (Å²) in [6.07, 6.45) is 3.71. The zero-order valence-corrected chi connectivity index (χ0v) is 15.3. The first-order chi connectivity index (χ1) is 12.1. The number of hydroxylamine groups is 1. The number of carbonyl (C=O) groups excluding carboxylic acids is 2. The smallest absolute Gasteiger partial charge is 0.243 e. The average Bonchev–Trinajstić information content (AvgIpc) is 3.00. The minimum atomic E-state index is -0.364. The Morgan fingerprint density at radius 3 is 2.76 bits per heavy atom. The molecule has 4 N–H and O–H groups in total. The molecule has 7 nitrogen and oxygen atoms in total. The van der Waals surface area contributed by atoms with Crippen LogP contribution in [0.2, 0.25) is 5.02 Å². The molecule has 1 heterocycles. The lowest BCUT2D eigenvalue weighted by molar-refractivity contribution is -0.129. The first-order valence-corrected chi connectivity index (χ1v) is 9.27. The summed E-state index contributed by atoms with van der Waals surface area (Å²) < 4.78 is 0.977. The van der Waals surface area contributed by atoms with Crippen LogP contribution in [0, 0.1) is 0 Å². The number of aromatic nitrogens is 1. The maximum absolute atomic E-state index is 11.8. The number of nitrogens with zero attached hydrogens (tertiary/aromatic N) is 1. The van der Waals surface area contributed by atoms with Crippen molar-refractivity contribution in [2.45, 2.75) is 32.1 Å². The molecule has 25 heavy (non-hydrogen) atoms. The Kier molecular flexibility index (Phi) is 7.90. The van der Waals surface area contributed by atoms with Crippen LogP contribution in [-0.4, -0.2) is 35.1 Å². The number of thiazole rings is 1. The van der Waals surface area contributed by atoms with Crippen molar-refractivity contribution >= 4 is 50.1 Å². The van der Waals surface area contributed by atoms with E-state index in [2.05, 4.69) is 15.6 Å². The molecule has 0 bridgehead atoms. The number of benzene rings is 1. The Balaban J connectivity index is 1.58. The van der Waals surface area contributed by atoms with Gasteiger partial charge in [0.05, 0.1) is 16.8 Å². The highest BCUT2D eigenvalue weighted by atomic mass is 35.5. The van der Waals surface area contributed by atoms with E-state index in [0.29, 0.717) is 23.1 Å².